The summed E-state index contributed by atoms with van der Waals surface area (Å²) in [6.45, 7) is 8.63. The van der Waals surface area contributed by atoms with Crippen LogP contribution in [0.15, 0.2) is 18.5 Å². The van der Waals surface area contributed by atoms with E-state index in [0.717, 1.165) is 16.9 Å². The van der Waals surface area contributed by atoms with Crippen LogP contribution in [0.25, 0.3) is 11.0 Å². The number of imidazole rings is 1. The molecule has 0 saturated carbocycles. The van der Waals surface area contributed by atoms with Gasteiger partial charge in [0.1, 0.15) is 11.3 Å². The van der Waals surface area contributed by atoms with Gasteiger partial charge in [0.25, 0.3) is 0 Å². The number of rotatable bonds is 3. The van der Waals surface area contributed by atoms with Gasteiger partial charge in [-0.25, -0.2) is 4.98 Å². The molecule has 17 heavy (non-hydrogen) atoms. The summed E-state index contributed by atoms with van der Waals surface area (Å²) in [5.41, 5.74) is 1.95. The van der Waals surface area contributed by atoms with Gasteiger partial charge in [0.2, 0.25) is 0 Å². The van der Waals surface area contributed by atoms with E-state index in [-0.39, 0.29) is 5.54 Å². The van der Waals surface area contributed by atoms with Crippen molar-refractivity contribution >= 4 is 11.0 Å². The van der Waals surface area contributed by atoms with Crippen LogP contribution in [0.2, 0.25) is 0 Å². The van der Waals surface area contributed by atoms with E-state index in [1.165, 1.54) is 0 Å². The molecule has 2 aromatic heterocycles. The lowest BCUT2D eigenvalue weighted by atomic mass is 10.0. The van der Waals surface area contributed by atoms with Crippen LogP contribution in [-0.2, 0) is 5.54 Å². The molecular formula is C13H20N4. The Kier molecular flexibility index (Phi) is 2.91. The Bertz CT molecular complexity index is 525. The van der Waals surface area contributed by atoms with Gasteiger partial charge in [-0.1, -0.05) is 0 Å². The quantitative estimate of drug-likeness (QED) is 0.884. The minimum Gasteiger partial charge on any atom is -0.324 e. The highest BCUT2D eigenvalue weighted by Gasteiger charge is 2.26. The summed E-state index contributed by atoms with van der Waals surface area (Å²) in [4.78, 5) is 8.85. The second kappa shape index (κ2) is 4.11. The molecule has 92 valence electrons. The van der Waals surface area contributed by atoms with Gasteiger partial charge >= 0.3 is 0 Å². The van der Waals surface area contributed by atoms with E-state index < -0.39 is 0 Å². The van der Waals surface area contributed by atoms with Crippen molar-refractivity contribution in [1.82, 2.24) is 19.9 Å². The van der Waals surface area contributed by atoms with Crippen LogP contribution in [0, 0.1) is 0 Å². The average Bonchev–Trinajstić information content (AvgIpc) is 2.68. The molecule has 0 aliphatic rings. The van der Waals surface area contributed by atoms with E-state index in [4.69, 9.17) is 4.98 Å². The van der Waals surface area contributed by atoms with Crippen molar-refractivity contribution in [2.45, 2.75) is 39.3 Å². The van der Waals surface area contributed by atoms with Crippen molar-refractivity contribution in [3.63, 3.8) is 0 Å². The highest BCUT2D eigenvalue weighted by molar-refractivity contribution is 5.75. The van der Waals surface area contributed by atoms with Gasteiger partial charge in [-0.3, -0.25) is 4.98 Å². The summed E-state index contributed by atoms with van der Waals surface area (Å²) in [6, 6.07) is 2.41. The Labute approximate surface area is 102 Å². The Hall–Kier alpha value is -1.42. The number of nitrogens with zero attached hydrogens (tertiary/aromatic N) is 3. The van der Waals surface area contributed by atoms with Crippen molar-refractivity contribution in [2.24, 2.45) is 0 Å². The maximum atomic E-state index is 4.71. The molecule has 2 rings (SSSR count). The lowest BCUT2D eigenvalue weighted by Gasteiger charge is -2.26. The zero-order valence-corrected chi connectivity index (χ0v) is 11.2. The number of hydrogen-bond donors (Lipinski definition) is 1. The second-order valence-electron chi connectivity index (χ2n) is 5.14. The molecule has 4 heteroatoms. The number of aromatic nitrogens is 3. The van der Waals surface area contributed by atoms with E-state index in [0.29, 0.717) is 6.04 Å². The zero-order chi connectivity index (χ0) is 12.6. The lowest BCUT2D eigenvalue weighted by molar-refractivity contribution is 0.387. The van der Waals surface area contributed by atoms with Crippen LogP contribution in [0.5, 0.6) is 0 Å². The first-order valence-corrected chi connectivity index (χ1v) is 5.98. The zero-order valence-electron chi connectivity index (χ0n) is 11.2. The second-order valence-corrected chi connectivity index (χ2v) is 5.14. The lowest BCUT2D eigenvalue weighted by Crippen LogP contribution is -2.36. The monoisotopic (exact) mass is 232 g/mol. The van der Waals surface area contributed by atoms with Crippen molar-refractivity contribution in [1.29, 1.82) is 0 Å². The molecule has 0 bridgehead atoms. The summed E-state index contributed by atoms with van der Waals surface area (Å²) >= 11 is 0. The van der Waals surface area contributed by atoms with Gasteiger partial charge < -0.3 is 9.88 Å². The van der Waals surface area contributed by atoms with Gasteiger partial charge in [-0.2, -0.15) is 0 Å². The van der Waals surface area contributed by atoms with Crippen LogP contribution in [-0.4, -0.2) is 21.6 Å². The summed E-state index contributed by atoms with van der Waals surface area (Å²) in [5.74, 6) is 1.05. The highest BCUT2D eigenvalue weighted by Crippen LogP contribution is 2.27. The Balaban J connectivity index is 2.75. The fraction of sp³-hybridized carbons (Fsp3) is 0.538. The van der Waals surface area contributed by atoms with E-state index >= 15 is 0 Å². The molecule has 0 atom stereocenters. The molecular weight excluding hydrogens is 212 g/mol. The van der Waals surface area contributed by atoms with Crippen LogP contribution < -0.4 is 5.32 Å². The topological polar surface area (TPSA) is 42.7 Å². The molecule has 0 radical (unpaired) electrons. The van der Waals surface area contributed by atoms with Crippen molar-refractivity contribution in [3.8, 4) is 0 Å². The van der Waals surface area contributed by atoms with Crippen molar-refractivity contribution in [3.05, 3.63) is 24.3 Å². The van der Waals surface area contributed by atoms with Gasteiger partial charge in [-0.15, -0.1) is 0 Å². The fourth-order valence-corrected chi connectivity index (χ4v) is 2.03. The first-order chi connectivity index (χ1) is 7.97. The van der Waals surface area contributed by atoms with Crippen LogP contribution in [0.3, 0.4) is 0 Å². The Morgan fingerprint density at radius 1 is 1.35 bits per heavy atom. The summed E-state index contributed by atoms with van der Waals surface area (Å²) in [7, 11) is 1.96. The van der Waals surface area contributed by atoms with Gasteiger partial charge in [-0.05, 0) is 40.8 Å². The number of hydrogen-bond acceptors (Lipinski definition) is 3. The number of pyridine rings is 1. The van der Waals surface area contributed by atoms with E-state index in [9.17, 15) is 0 Å². The van der Waals surface area contributed by atoms with Crippen LogP contribution in [0.4, 0.5) is 0 Å². The first-order valence-electron chi connectivity index (χ1n) is 5.98. The van der Waals surface area contributed by atoms with Gasteiger partial charge in [0, 0.05) is 12.2 Å². The van der Waals surface area contributed by atoms with Crippen LogP contribution in [0.1, 0.15) is 39.6 Å². The molecule has 4 nitrogen and oxygen atoms in total. The molecule has 2 aromatic rings. The SMILES string of the molecule is CNC(C)(C)c1nc2cnccc2n1C(C)C. The van der Waals surface area contributed by atoms with E-state index in [1.807, 2.05) is 25.5 Å². The standard InChI is InChI=1S/C13H20N4/c1-9(2)17-11-6-7-15-8-10(11)16-12(17)13(3,4)14-5/h6-9,14H,1-5H3. The summed E-state index contributed by atoms with van der Waals surface area (Å²) < 4.78 is 2.27. The Morgan fingerprint density at radius 3 is 2.65 bits per heavy atom. The van der Waals surface area contributed by atoms with Gasteiger partial charge in [0.15, 0.2) is 0 Å². The maximum absolute atomic E-state index is 4.71. The molecule has 1 N–H and O–H groups in total. The van der Waals surface area contributed by atoms with E-state index in [1.54, 1.807) is 0 Å². The first kappa shape index (κ1) is 12.0. The fourth-order valence-electron chi connectivity index (χ4n) is 2.03. The molecule has 0 spiro atoms. The summed E-state index contributed by atoms with van der Waals surface area (Å²) in [5, 5.41) is 3.31. The minimum absolute atomic E-state index is 0.150. The minimum atomic E-state index is -0.150. The summed E-state index contributed by atoms with van der Waals surface area (Å²) in [6.07, 6.45) is 3.64. The molecule has 0 aliphatic heterocycles. The molecule has 0 aromatic carbocycles. The van der Waals surface area contributed by atoms with Crippen molar-refractivity contribution in [2.75, 3.05) is 7.05 Å². The largest absolute Gasteiger partial charge is 0.324 e. The molecule has 0 unspecified atom stereocenters. The molecule has 0 fully saturated rings. The third-order valence-electron chi connectivity index (χ3n) is 3.19. The predicted molar refractivity (Wildman–Crippen MR) is 70.0 cm³/mol. The van der Waals surface area contributed by atoms with Gasteiger partial charge in [0.05, 0.1) is 17.3 Å². The predicted octanol–water partition coefficient (Wildman–Crippen LogP) is 2.47. The molecule has 0 saturated heterocycles. The highest BCUT2D eigenvalue weighted by atomic mass is 15.2. The maximum Gasteiger partial charge on any atom is 0.129 e. The number of fused-ring (bicyclic) bond motifs is 1. The third-order valence-corrected chi connectivity index (χ3v) is 3.19. The average molecular weight is 232 g/mol. The van der Waals surface area contributed by atoms with Crippen LogP contribution >= 0.6 is 0 Å². The number of nitrogens with one attached hydrogen (secondary N) is 1. The molecule has 0 amide bonds. The van der Waals surface area contributed by atoms with E-state index in [2.05, 4.69) is 42.6 Å². The molecule has 2 heterocycles. The van der Waals surface area contributed by atoms with Crippen molar-refractivity contribution < 1.29 is 0 Å². The smallest absolute Gasteiger partial charge is 0.129 e. The normalized spacial score (nSPS) is 12.6. The molecule has 0 aliphatic carbocycles. The third kappa shape index (κ3) is 1.93. The Morgan fingerprint density at radius 2 is 2.06 bits per heavy atom.